The Kier molecular flexibility index (Phi) is 6.27. The zero-order valence-electron chi connectivity index (χ0n) is 19.4. The Morgan fingerprint density at radius 3 is 2.46 bits per heavy atom. The predicted octanol–water partition coefficient (Wildman–Crippen LogP) is 1.77. The Morgan fingerprint density at radius 2 is 1.94 bits per heavy atom. The maximum absolute atomic E-state index is 13.4. The van der Waals surface area contributed by atoms with Crippen LogP contribution in [-0.2, 0) is 17.5 Å². The van der Waals surface area contributed by atoms with Crippen LogP contribution < -0.4 is 10.9 Å². The summed E-state index contributed by atoms with van der Waals surface area (Å²) < 4.78 is 46.2. The van der Waals surface area contributed by atoms with Crippen molar-refractivity contribution < 1.29 is 27.8 Å². The van der Waals surface area contributed by atoms with Gasteiger partial charge in [0, 0.05) is 31.6 Å². The average Bonchev–Trinajstić information content (AvgIpc) is 2.76. The van der Waals surface area contributed by atoms with Gasteiger partial charge in [-0.25, -0.2) is 9.97 Å². The molecule has 9 nitrogen and oxygen atoms in total. The van der Waals surface area contributed by atoms with Crippen LogP contribution in [0.15, 0.2) is 11.0 Å². The minimum Gasteiger partial charge on any atom is -0.505 e. The molecule has 2 saturated heterocycles. The van der Waals surface area contributed by atoms with E-state index in [0.717, 1.165) is 17.7 Å². The number of halogens is 3. The number of rotatable bonds is 7. The van der Waals surface area contributed by atoms with Gasteiger partial charge in [0.2, 0.25) is 0 Å². The molecule has 35 heavy (non-hydrogen) atoms. The zero-order chi connectivity index (χ0) is 25.6. The molecular formula is C23H26F3N5O4. The summed E-state index contributed by atoms with van der Waals surface area (Å²) in [6, 6.07) is 0. The molecule has 0 radical (unpaired) electrons. The van der Waals surface area contributed by atoms with Gasteiger partial charge >= 0.3 is 6.18 Å². The first-order valence-corrected chi connectivity index (χ1v) is 11.3. The number of carbonyl (C=O) groups excluding carboxylic acids is 1. The molecule has 2 aromatic heterocycles. The number of pyridine rings is 1. The molecule has 2 aromatic rings. The van der Waals surface area contributed by atoms with E-state index >= 15 is 0 Å². The van der Waals surface area contributed by atoms with E-state index in [1.165, 1.54) is 0 Å². The topological polar surface area (TPSA) is 110 Å². The number of alkyl halides is 3. The van der Waals surface area contributed by atoms with Crippen LogP contribution >= 0.6 is 0 Å². The third-order valence-corrected chi connectivity index (χ3v) is 6.86. The van der Waals surface area contributed by atoms with Crippen LogP contribution in [-0.4, -0.2) is 68.8 Å². The first-order chi connectivity index (χ1) is 16.5. The van der Waals surface area contributed by atoms with Crippen molar-refractivity contribution in [2.75, 3.05) is 32.8 Å². The molecule has 2 N–H and O–H groups in total. The van der Waals surface area contributed by atoms with Crippen molar-refractivity contribution in [2.45, 2.75) is 44.9 Å². The summed E-state index contributed by atoms with van der Waals surface area (Å²) in [5.74, 6) is 0.538. The van der Waals surface area contributed by atoms with E-state index in [4.69, 9.17) is 11.2 Å². The monoisotopic (exact) mass is 493 g/mol. The van der Waals surface area contributed by atoms with Gasteiger partial charge in [0.05, 0.1) is 19.4 Å². The number of carbonyl (C=O) groups is 1. The fourth-order valence-corrected chi connectivity index (χ4v) is 4.56. The van der Waals surface area contributed by atoms with Crippen molar-refractivity contribution in [1.82, 2.24) is 24.8 Å². The smallest absolute Gasteiger partial charge is 0.434 e. The van der Waals surface area contributed by atoms with Gasteiger partial charge < -0.3 is 20.1 Å². The molecule has 2 aliphatic rings. The second-order valence-corrected chi connectivity index (χ2v) is 9.20. The van der Waals surface area contributed by atoms with Crippen LogP contribution in [0.1, 0.15) is 42.7 Å². The van der Waals surface area contributed by atoms with Gasteiger partial charge in [-0.05, 0) is 12.8 Å². The van der Waals surface area contributed by atoms with E-state index < -0.39 is 45.7 Å². The molecule has 0 unspecified atom stereocenters. The molecule has 0 saturated carbocycles. The highest BCUT2D eigenvalue weighted by atomic mass is 19.4. The van der Waals surface area contributed by atoms with Crippen LogP contribution in [0.25, 0.3) is 11.2 Å². The number of amides is 1. The SMILES string of the molecule is C#CC(CC)(CC)NC(=O)c1c(O)c2nc(C(F)(F)F)cnc2n(CCN2CC3(COC3)C2)c1=O. The van der Waals surface area contributed by atoms with Crippen LogP contribution in [0.5, 0.6) is 5.75 Å². The number of likely N-dealkylation sites (tertiary alicyclic amines) is 1. The maximum Gasteiger partial charge on any atom is 0.434 e. The van der Waals surface area contributed by atoms with Crippen molar-refractivity contribution in [3.63, 3.8) is 0 Å². The Labute approximate surface area is 199 Å². The molecule has 0 atom stereocenters. The first-order valence-electron chi connectivity index (χ1n) is 11.3. The molecule has 1 spiro atoms. The molecule has 2 aliphatic heterocycles. The van der Waals surface area contributed by atoms with Crippen LogP contribution in [0.3, 0.4) is 0 Å². The van der Waals surface area contributed by atoms with E-state index in [2.05, 4.69) is 26.1 Å². The van der Waals surface area contributed by atoms with Gasteiger partial charge in [0.25, 0.3) is 11.5 Å². The second kappa shape index (κ2) is 8.80. The number of hydrogen-bond acceptors (Lipinski definition) is 7. The summed E-state index contributed by atoms with van der Waals surface area (Å²) in [7, 11) is 0. The van der Waals surface area contributed by atoms with Crippen LogP contribution in [0, 0.1) is 17.8 Å². The Hall–Kier alpha value is -3.17. The van der Waals surface area contributed by atoms with E-state index in [1.54, 1.807) is 13.8 Å². The quantitative estimate of drug-likeness (QED) is 0.566. The van der Waals surface area contributed by atoms with Crippen LogP contribution in [0.4, 0.5) is 13.2 Å². The minimum absolute atomic E-state index is 0.0364. The summed E-state index contributed by atoms with van der Waals surface area (Å²) in [5.41, 5.74) is -4.75. The van der Waals surface area contributed by atoms with Gasteiger partial charge in [0.1, 0.15) is 16.6 Å². The Bertz CT molecular complexity index is 1250. The maximum atomic E-state index is 13.4. The van der Waals surface area contributed by atoms with E-state index in [1.807, 2.05) is 0 Å². The number of nitrogens with one attached hydrogen (secondary N) is 1. The molecule has 1 amide bonds. The molecule has 12 heteroatoms. The first kappa shape index (κ1) is 24.9. The van der Waals surface area contributed by atoms with Gasteiger partial charge in [-0.3, -0.25) is 14.2 Å². The predicted molar refractivity (Wildman–Crippen MR) is 120 cm³/mol. The van der Waals surface area contributed by atoms with E-state index in [-0.39, 0.29) is 17.6 Å². The highest BCUT2D eigenvalue weighted by Gasteiger charge is 2.48. The van der Waals surface area contributed by atoms with Gasteiger partial charge in [0.15, 0.2) is 17.1 Å². The van der Waals surface area contributed by atoms with Crippen molar-refractivity contribution in [3.8, 4) is 18.1 Å². The van der Waals surface area contributed by atoms with Crippen molar-refractivity contribution in [1.29, 1.82) is 0 Å². The molecule has 4 rings (SSSR count). The average molecular weight is 493 g/mol. The second-order valence-electron chi connectivity index (χ2n) is 9.20. The number of fused-ring (bicyclic) bond motifs is 1. The fraction of sp³-hybridized carbons (Fsp3) is 0.565. The molecule has 188 valence electrons. The number of hydrogen-bond donors (Lipinski definition) is 2. The van der Waals surface area contributed by atoms with E-state index in [9.17, 15) is 27.9 Å². The Balaban J connectivity index is 1.76. The summed E-state index contributed by atoms with van der Waals surface area (Å²) in [6.07, 6.45) is 1.93. The number of aromatic nitrogens is 3. The lowest BCUT2D eigenvalue weighted by molar-refractivity contribution is -0.189. The fourth-order valence-electron chi connectivity index (χ4n) is 4.56. The van der Waals surface area contributed by atoms with Gasteiger partial charge in [-0.2, -0.15) is 13.2 Å². The Morgan fingerprint density at radius 1 is 1.29 bits per heavy atom. The van der Waals surface area contributed by atoms with Gasteiger partial charge in [-0.1, -0.05) is 19.8 Å². The minimum atomic E-state index is -4.84. The molecule has 4 heterocycles. The van der Waals surface area contributed by atoms with Crippen molar-refractivity contribution >= 4 is 17.1 Å². The lowest BCUT2D eigenvalue weighted by Crippen LogP contribution is -2.66. The summed E-state index contributed by atoms with van der Waals surface area (Å²) in [5, 5.41) is 13.3. The lowest BCUT2D eigenvalue weighted by atomic mass is 9.78. The lowest BCUT2D eigenvalue weighted by Gasteiger charge is -2.55. The summed E-state index contributed by atoms with van der Waals surface area (Å²) >= 11 is 0. The summed E-state index contributed by atoms with van der Waals surface area (Å²) in [6.45, 7) is 6.81. The van der Waals surface area contributed by atoms with Crippen molar-refractivity contribution in [2.24, 2.45) is 5.41 Å². The number of ether oxygens (including phenoxy) is 1. The molecule has 0 aliphatic carbocycles. The highest BCUT2D eigenvalue weighted by molar-refractivity contribution is 6.01. The third-order valence-electron chi connectivity index (χ3n) is 6.86. The molecule has 2 fully saturated rings. The number of aromatic hydroxyl groups is 1. The van der Waals surface area contributed by atoms with Gasteiger partial charge in [-0.15, -0.1) is 6.42 Å². The molecular weight excluding hydrogens is 467 g/mol. The zero-order valence-corrected chi connectivity index (χ0v) is 19.4. The van der Waals surface area contributed by atoms with E-state index in [0.29, 0.717) is 38.8 Å². The summed E-state index contributed by atoms with van der Waals surface area (Å²) in [4.78, 5) is 35.8. The third kappa shape index (κ3) is 4.34. The number of terminal acetylenes is 1. The normalized spacial score (nSPS) is 17.6. The number of nitrogens with zero attached hydrogens (tertiary/aromatic N) is 4. The van der Waals surface area contributed by atoms with Crippen LogP contribution in [0.2, 0.25) is 0 Å². The molecule has 0 aromatic carbocycles. The van der Waals surface area contributed by atoms with Crippen molar-refractivity contribution in [3.05, 3.63) is 27.8 Å². The highest BCUT2D eigenvalue weighted by Crippen LogP contribution is 2.37. The molecule has 0 bridgehead atoms. The largest absolute Gasteiger partial charge is 0.505 e. The standard InChI is InChI=1S/C23H26F3N5O4/c1-4-22(5-2,6-3)29-19(33)15-17(32)16-18(27-9-14(28-16)23(24,25)26)31(20(15)34)8-7-30-10-21(11-30)12-35-13-21/h1,9,32H,5-8,10-13H2,2-3H3,(H,29,33).